The van der Waals surface area contributed by atoms with Gasteiger partial charge in [-0.25, -0.2) is 14.0 Å². The number of halogens is 1. The van der Waals surface area contributed by atoms with Gasteiger partial charge in [-0.2, -0.15) is 0 Å². The second-order valence-electron chi connectivity index (χ2n) is 6.39. The molecule has 1 saturated carbocycles. The lowest BCUT2D eigenvalue weighted by atomic mass is 10.1. The van der Waals surface area contributed by atoms with E-state index in [1.807, 2.05) is 4.90 Å². The van der Waals surface area contributed by atoms with Crippen molar-refractivity contribution in [1.82, 2.24) is 9.80 Å². The Morgan fingerprint density at radius 2 is 1.54 bits per heavy atom. The van der Waals surface area contributed by atoms with Crippen LogP contribution in [0, 0.1) is 5.82 Å². The fraction of sp³-hybridized carbons (Fsp3) is 0.500. The van der Waals surface area contributed by atoms with Crippen LogP contribution in [-0.4, -0.2) is 70.1 Å². The molecule has 2 aliphatic rings. The first-order valence-electron chi connectivity index (χ1n) is 8.63. The van der Waals surface area contributed by atoms with Crippen LogP contribution in [-0.2, 0) is 9.59 Å². The monoisotopic (exact) mass is 366 g/mol. The van der Waals surface area contributed by atoms with Crippen LogP contribution in [0.1, 0.15) is 36.0 Å². The zero-order chi connectivity index (χ0) is 19.1. The van der Waals surface area contributed by atoms with Gasteiger partial charge in [0.05, 0.1) is 0 Å². The average molecular weight is 366 g/mol. The van der Waals surface area contributed by atoms with Crippen LogP contribution >= 0.6 is 0 Å². The number of carboxylic acid groups (broad SMARTS) is 2. The Hall–Kier alpha value is -2.48. The lowest BCUT2D eigenvalue weighted by Crippen LogP contribution is -2.51. The summed E-state index contributed by atoms with van der Waals surface area (Å²) < 4.78 is 13.2. The molecule has 1 aromatic rings. The van der Waals surface area contributed by atoms with Gasteiger partial charge in [0, 0.05) is 37.8 Å². The summed E-state index contributed by atoms with van der Waals surface area (Å²) in [7, 11) is 0. The smallest absolute Gasteiger partial charge is 0.414 e. The van der Waals surface area contributed by atoms with Crippen LogP contribution in [0.25, 0.3) is 0 Å². The first-order valence-corrected chi connectivity index (χ1v) is 8.63. The van der Waals surface area contributed by atoms with Crippen molar-refractivity contribution >= 4 is 17.8 Å². The quantitative estimate of drug-likeness (QED) is 0.773. The number of aliphatic carboxylic acids is 2. The first kappa shape index (κ1) is 19.8. The zero-order valence-electron chi connectivity index (χ0n) is 14.4. The number of hydrogen-bond acceptors (Lipinski definition) is 4. The highest BCUT2D eigenvalue weighted by atomic mass is 19.1. The highest BCUT2D eigenvalue weighted by Gasteiger charge is 2.28. The molecule has 0 aromatic heterocycles. The summed E-state index contributed by atoms with van der Waals surface area (Å²) in [6.07, 6.45) is 5.29. The van der Waals surface area contributed by atoms with E-state index in [1.54, 1.807) is 12.1 Å². The molecule has 1 amide bonds. The molecule has 1 aliphatic carbocycles. The second kappa shape index (κ2) is 9.28. The Kier molecular flexibility index (Phi) is 7.08. The summed E-state index contributed by atoms with van der Waals surface area (Å²) in [5.74, 6) is -4.04. The lowest BCUT2D eigenvalue weighted by Gasteiger charge is -2.38. The summed E-state index contributed by atoms with van der Waals surface area (Å²) in [4.78, 5) is 34.9. The molecule has 8 heteroatoms. The molecular formula is C18H23FN2O5. The SMILES string of the molecule is O=C(O)C(=O)O.O=C(c1cccc(F)c1)N1CCN(C2CCCC2)CC1. The number of nitrogens with zero attached hydrogens (tertiary/aromatic N) is 2. The van der Waals surface area contributed by atoms with E-state index >= 15 is 0 Å². The van der Waals surface area contributed by atoms with Crippen molar-refractivity contribution in [3.05, 3.63) is 35.6 Å². The van der Waals surface area contributed by atoms with Gasteiger partial charge in [0.1, 0.15) is 5.82 Å². The summed E-state index contributed by atoms with van der Waals surface area (Å²) in [5.41, 5.74) is 0.458. The Morgan fingerprint density at radius 1 is 0.962 bits per heavy atom. The zero-order valence-corrected chi connectivity index (χ0v) is 14.4. The molecule has 142 valence electrons. The van der Waals surface area contributed by atoms with Crippen LogP contribution in [0.3, 0.4) is 0 Å². The van der Waals surface area contributed by atoms with E-state index in [0.29, 0.717) is 5.56 Å². The van der Waals surface area contributed by atoms with Crippen molar-refractivity contribution in [2.75, 3.05) is 26.2 Å². The minimum Gasteiger partial charge on any atom is -0.473 e. The van der Waals surface area contributed by atoms with Gasteiger partial charge >= 0.3 is 11.9 Å². The van der Waals surface area contributed by atoms with Gasteiger partial charge in [0.25, 0.3) is 5.91 Å². The van der Waals surface area contributed by atoms with Gasteiger partial charge in [0.15, 0.2) is 0 Å². The lowest BCUT2D eigenvalue weighted by molar-refractivity contribution is -0.159. The van der Waals surface area contributed by atoms with E-state index in [-0.39, 0.29) is 11.7 Å². The second-order valence-corrected chi connectivity index (χ2v) is 6.39. The third-order valence-corrected chi connectivity index (χ3v) is 4.70. The number of hydrogen-bond donors (Lipinski definition) is 2. The number of carbonyl (C=O) groups is 3. The van der Waals surface area contributed by atoms with E-state index in [9.17, 15) is 9.18 Å². The Morgan fingerprint density at radius 3 is 2.04 bits per heavy atom. The predicted molar refractivity (Wildman–Crippen MR) is 91.4 cm³/mol. The third kappa shape index (κ3) is 5.52. The molecule has 0 bridgehead atoms. The molecule has 0 atom stereocenters. The van der Waals surface area contributed by atoms with Gasteiger partial charge in [-0.3, -0.25) is 9.69 Å². The van der Waals surface area contributed by atoms with E-state index in [2.05, 4.69) is 4.90 Å². The van der Waals surface area contributed by atoms with Gasteiger partial charge in [-0.1, -0.05) is 18.9 Å². The van der Waals surface area contributed by atoms with Crippen molar-refractivity contribution in [2.45, 2.75) is 31.7 Å². The van der Waals surface area contributed by atoms with Crippen LogP contribution in [0.15, 0.2) is 24.3 Å². The maximum absolute atomic E-state index is 13.2. The Labute approximate surface area is 151 Å². The van der Waals surface area contributed by atoms with Crippen molar-refractivity contribution in [1.29, 1.82) is 0 Å². The van der Waals surface area contributed by atoms with Gasteiger partial charge in [-0.15, -0.1) is 0 Å². The number of rotatable bonds is 2. The maximum Gasteiger partial charge on any atom is 0.414 e. The minimum atomic E-state index is -1.82. The molecule has 0 radical (unpaired) electrons. The van der Waals surface area contributed by atoms with Crippen molar-refractivity contribution in [2.24, 2.45) is 0 Å². The fourth-order valence-corrected chi connectivity index (χ4v) is 3.36. The largest absolute Gasteiger partial charge is 0.473 e. The molecule has 0 spiro atoms. The number of benzene rings is 1. The number of carbonyl (C=O) groups excluding carboxylic acids is 1. The van der Waals surface area contributed by atoms with E-state index in [0.717, 1.165) is 32.2 Å². The summed E-state index contributed by atoms with van der Waals surface area (Å²) >= 11 is 0. The Balaban J connectivity index is 0.000000352. The van der Waals surface area contributed by atoms with E-state index < -0.39 is 11.9 Å². The molecule has 7 nitrogen and oxygen atoms in total. The van der Waals surface area contributed by atoms with E-state index in [4.69, 9.17) is 19.8 Å². The van der Waals surface area contributed by atoms with E-state index in [1.165, 1.54) is 37.8 Å². The summed E-state index contributed by atoms with van der Waals surface area (Å²) in [5, 5.41) is 14.8. The summed E-state index contributed by atoms with van der Waals surface area (Å²) in [6, 6.07) is 6.70. The third-order valence-electron chi connectivity index (χ3n) is 4.70. The normalized spacial score (nSPS) is 18.1. The molecule has 0 unspecified atom stereocenters. The van der Waals surface area contributed by atoms with Gasteiger partial charge in [0.2, 0.25) is 0 Å². The van der Waals surface area contributed by atoms with Crippen LogP contribution in [0.5, 0.6) is 0 Å². The average Bonchev–Trinajstić information content (AvgIpc) is 3.16. The molecule has 1 aromatic carbocycles. The highest BCUT2D eigenvalue weighted by Crippen LogP contribution is 2.24. The fourth-order valence-electron chi connectivity index (χ4n) is 3.36. The predicted octanol–water partition coefficient (Wildman–Crippen LogP) is 1.68. The van der Waals surface area contributed by atoms with Crippen molar-refractivity contribution < 1.29 is 29.0 Å². The first-order chi connectivity index (χ1) is 12.4. The molecular weight excluding hydrogens is 343 g/mol. The molecule has 1 saturated heterocycles. The van der Waals surface area contributed by atoms with Crippen molar-refractivity contribution in [3.63, 3.8) is 0 Å². The molecule has 26 heavy (non-hydrogen) atoms. The molecule has 3 rings (SSSR count). The van der Waals surface area contributed by atoms with Crippen LogP contribution in [0.2, 0.25) is 0 Å². The van der Waals surface area contributed by atoms with Crippen molar-refractivity contribution in [3.8, 4) is 0 Å². The molecule has 1 aliphatic heterocycles. The number of amides is 1. The molecule has 2 fully saturated rings. The minimum absolute atomic E-state index is 0.0458. The highest BCUT2D eigenvalue weighted by molar-refractivity contribution is 6.27. The topological polar surface area (TPSA) is 98.1 Å². The molecule has 2 N–H and O–H groups in total. The van der Waals surface area contributed by atoms with Gasteiger partial charge < -0.3 is 15.1 Å². The number of carboxylic acids is 2. The standard InChI is InChI=1S/C16H21FN2O.C2H2O4/c17-14-5-3-4-13(12-14)16(20)19-10-8-18(9-11-19)15-6-1-2-7-15;3-1(4)2(5)6/h3-5,12,15H,1-2,6-11H2;(H,3,4)(H,5,6). The van der Waals surface area contributed by atoms with Crippen LogP contribution in [0.4, 0.5) is 4.39 Å². The molecule has 1 heterocycles. The summed E-state index contributed by atoms with van der Waals surface area (Å²) in [6.45, 7) is 3.41. The number of piperazine rings is 1. The van der Waals surface area contributed by atoms with Crippen LogP contribution < -0.4 is 0 Å². The van der Waals surface area contributed by atoms with Gasteiger partial charge in [-0.05, 0) is 31.0 Å². The Bertz CT molecular complexity index is 641. The maximum atomic E-state index is 13.2.